The second-order valence-corrected chi connectivity index (χ2v) is 8.08. The molecule has 0 saturated carbocycles. The number of nitro benzene ring substituents is 1. The Balaban J connectivity index is 2.05. The summed E-state index contributed by atoms with van der Waals surface area (Å²) in [6.45, 7) is 1.67. The number of ether oxygens (including phenoxy) is 1. The summed E-state index contributed by atoms with van der Waals surface area (Å²) in [5, 5.41) is 28.1. The number of nitrogens with zero attached hydrogens (tertiary/aromatic N) is 2. The number of aromatic nitrogens is 1. The lowest BCUT2D eigenvalue weighted by Gasteiger charge is -2.20. The fraction of sp³-hybridized carbons (Fsp3) is 0.348. The highest BCUT2D eigenvalue weighted by Gasteiger charge is 2.43. The summed E-state index contributed by atoms with van der Waals surface area (Å²) < 4.78 is 42.5. The van der Waals surface area contributed by atoms with Crippen LogP contribution in [0.4, 0.5) is 24.7 Å². The number of anilines is 1. The first kappa shape index (κ1) is 30.5. The summed E-state index contributed by atoms with van der Waals surface area (Å²) in [5.74, 6) is -6.32. The Labute approximate surface area is 218 Å². The number of nitro groups is 1. The number of hydrogen-bond donors (Lipinski definition) is 4. The first-order valence-electron chi connectivity index (χ1n) is 11.3. The number of alkyl halides is 3. The van der Waals surface area contributed by atoms with E-state index in [1.807, 2.05) is 19.1 Å². The zero-order valence-corrected chi connectivity index (χ0v) is 20.4. The highest BCUT2D eigenvalue weighted by Crippen LogP contribution is 2.37. The summed E-state index contributed by atoms with van der Waals surface area (Å²) in [7, 11) is 0. The van der Waals surface area contributed by atoms with Gasteiger partial charge in [0.1, 0.15) is 5.82 Å². The maximum absolute atomic E-state index is 12.8. The van der Waals surface area contributed by atoms with Crippen molar-refractivity contribution in [1.29, 1.82) is 0 Å². The van der Waals surface area contributed by atoms with Crippen molar-refractivity contribution in [1.82, 2.24) is 15.6 Å². The lowest BCUT2D eigenvalue weighted by molar-refractivity contribution is -0.385. The molecule has 0 aliphatic carbocycles. The molecule has 0 radical (unpaired) electrons. The highest BCUT2D eigenvalue weighted by molar-refractivity contribution is 5.85. The number of carboxylic acids is 1. The van der Waals surface area contributed by atoms with Crippen molar-refractivity contribution in [2.75, 3.05) is 18.4 Å². The SMILES string of the molecule is Cc1ccnc(NCCCC(=O)NCC(=O)NC(CC(=O)O)c2cccc([N+](=O)[O-])c2OC(=O)C(F)(F)F)c1. The minimum Gasteiger partial charge on any atom is -0.481 e. The molecule has 39 heavy (non-hydrogen) atoms. The Morgan fingerprint density at radius 1 is 1.18 bits per heavy atom. The van der Waals surface area contributed by atoms with Gasteiger partial charge in [-0.25, -0.2) is 9.78 Å². The fourth-order valence-electron chi connectivity index (χ4n) is 3.25. The van der Waals surface area contributed by atoms with Crippen LogP contribution in [0.5, 0.6) is 5.75 Å². The maximum Gasteiger partial charge on any atom is 0.491 e. The van der Waals surface area contributed by atoms with Crippen LogP contribution in [0.15, 0.2) is 36.5 Å². The van der Waals surface area contributed by atoms with Gasteiger partial charge in [0.15, 0.2) is 0 Å². The van der Waals surface area contributed by atoms with Crippen molar-refractivity contribution in [2.45, 2.75) is 38.4 Å². The molecule has 4 N–H and O–H groups in total. The van der Waals surface area contributed by atoms with Gasteiger partial charge in [-0.05, 0) is 31.0 Å². The smallest absolute Gasteiger partial charge is 0.481 e. The second-order valence-electron chi connectivity index (χ2n) is 8.08. The second kappa shape index (κ2) is 13.7. The molecule has 1 aromatic heterocycles. The van der Waals surface area contributed by atoms with Gasteiger partial charge in [0, 0.05) is 30.8 Å². The molecule has 1 aromatic carbocycles. The van der Waals surface area contributed by atoms with Gasteiger partial charge < -0.3 is 25.8 Å². The molecule has 2 amide bonds. The third-order valence-electron chi connectivity index (χ3n) is 4.99. The molecule has 0 spiro atoms. The minimum absolute atomic E-state index is 0.0209. The van der Waals surface area contributed by atoms with E-state index in [2.05, 4.69) is 25.7 Å². The summed E-state index contributed by atoms with van der Waals surface area (Å²) >= 11 is 0. The molecule has 0 aliphatic heterocycles. The zero-order chi connectivity index (χ0) is 29.2. The van der Waals surface area contributed by atoms with Crippen LogP contribution in [0.3, 0.4) is 0 Å². The van der Waals surface area contributed by atoms with Gasteiger partial charge in [0.2, 0.25) is 17.6 Å². The number of benzene rings is 1. The molecular weight excluding hydrogens is 531 g/mol. The van der Waals surface area contributed by atoms with E-state index in [-0.39, 0.29) is 6.42 Å². The fourth-order valence-corrected chi connectivity index (χ4v) is 3.25. The lowest BCUT2D eigenvalue weighted by Crippen LogP contribution is -2.39. The molecule has 16 heteroatoms. The number of carboxylic acid groups (broad SMARTS) is 1. The molecule has 0 bridgehead atoms. The van der Waals surface area contributed by atoms with Crippen LogP contribution in [0.2, 0.25) is 0 Å². The first-order valence-corrected chi connectivity index (χ1v) is 11.3. The molecule has 0 fully saturated rings. The summed E-state index contributed by atoms with van der Waals surface area (Å²) in [4.78, 5) is 61.5. The van der Waals surface area contributed by atoms with E-state index in [0.29, 0.717) is 18.8 Å². The third kappa shape index (κ3) is 9.90. The number of esters is 1. The van der Waals surface area contributed by atoms with E-state index in [0.717, 1.165) is 23.8 Å². The summed E-state index contributed by atoms with van der Waals surface area (Å²) in [6, 6.07) is 4.71. The number of pyridine rings is 1. The number of aryl methyl sites for hydroxylation is 1. The van der Waals surface area contributed by atoms with Gasteiger partial charge in [-0.2, -0.15) is 13.2 Å². The van der Waals surface area contributed by atoms with E-state index in [4.69, 9.17) is 0 Å². The molecule has 0 aliphatic rings. The number of carbonyl (C=O) groups is 4. The van der Waals surface area contributed by atoms with E-state index < -0.39 is 70.9 Å². The Bertz CT molecular complexity index is 1240. The number of rotatable bonds is 13. The van der Waals surface area contributed by atoms with Gasteiger partial charge in [-0.1, -0.05) is 12.1 Å². The molecule has 1 atom stereocenters. The summed E-state index contributed by atoms with van der Waals surface area (Å²) in [5.41, 5.74) is -0.620. The standard InChI is InChI=1S/C23H24F3N5O8/c1-13-7-9-28-17(10-13)27-8-3-6-18(32)29-12-19(33)30-15(11-20(34)35)14-4-2-5-16(31(37)38)21(14)39-22(36)23(24,25)26/h2,4-5,7,9-10,15H,3,6,8,11-12H2,1H3,(H,27,28)(H,29,32)(H,30,33)(H,34,35). The number of aliphatic carboxylic acids is 1. The van der Waals surface area contributed by atoms with Crippen molar-refractivity contribution >= 4 is 35.3 Å². The van der Waals surface area contributed by atoms with E-state index in [1.165, 1.54) is 0 Å². The number of hydrogen-bond acceptors (Lipinski definition) is 9. The summed E-state index contributed by atoms with van der Waals surface area (Å²) in [6.07, 6.45) is -4.42. The van der Waals surface area contributed by atoms with Crippen LogP contribution >= 0.6 is 0 Å². The number of amides is 2. The normalized spacial score (nSPS) is 11.7. The molecule has 1 unspecified atom stereocenters. The zero-order valence-electron chi connectivity index (χ0n) is 20.4. The average molecular weight is 555 g/mol. The van der Waals surface area contributed by atoms with Crippen LogP contribution in [0.1, 0.15) is 36.4 Å². The van der Waals surface area contributed by atoms with Crippen molar-refractivity contribution in [3.63, 3.8) is 0 Å². The van der Waals surface area contributed by atoms with Gasteiger partial charge in [-0.15, -0.1) is 0 Å². The monoisotopic (exact) mass is 555 g/mol. The predicted octanol–water partition coefficient (Wildman–Crippen LogP) is 2.41. The Morgan fingerprint density at radius 2 is 1.90 bits per heavy atom. The van der Waals surface area contributed by atoms with Crippen LogP contribution in [0.25, 0.3) is 0 Å². The molecule has 0 saturated heterocycles. The predicted molar refractivity (Wildman–Crippen MR) is 128 cm³/mol. The van der Waals surface area contributed by atoms with Crippen molar-refractivity contribution < 1.29 is 47.1 Å². The van der Waals surface area contributed by atoms with Crippen molar-refractivity contribution in [3.8, 4) is 5.75 Å². The van der Waals surface area contributed by atoms with Crippen molar-refractivity contribution in [3.05, 3.63) is 57.8 Å². The molecule has 2 rings (SSSR count). The van der Waals surface area contributed by atoms with Gasteiger partial charge >= 0.3 is 23.8 Å². The third-order valence-corrected chi connectivity index (χ3v) is 4.99. The highest BCUT2D eigenvalue weighted by atomic mass is 19.4. The molecule has 210 valence electrons. The Hall–Kier alpha value is -4.76. The molecular formula is C23H24F3N5O8. The Kier molecular flexibility index (Phi) is 10.7. The van der Waals surface area contributed by atoms with Gasteiger partial charge in [0.05, 0.1) is 23.9 Å². The number of carbonyl (C=O) groups excluding carboxylic acids is 3. The van der Waals surface area contributed by atoms with E-state index >= 15 is 0 Å². The number of nitrogens with one attached hydrogen (secondary N) is 3. The first-order chi connectivity index (χ1) is 18.3. The maximum atomic E-state index is 12.8. The van der Waals surface area contributed by atoms with Gasteiger partial charge in [-0.3, -0.25) is 24.5 Å². The molecule has 1 heterocycles. The van der Waals surface area contributed by atoms with E-state index in [9.17, 15) is 47.6 Å². The van der Waals surface area contributed by atoms with Crippen LogP contribution < -0.4 is 20.7 Å². The minimum atomic E-state index is -5.51. The van der Waals surface area contributed by atoms with E-state index in [1.54, 1.807) is 6.20 Å². The number of para-hydroxylation sites is 1. The molecule has 2 aromatic rings. The Morgan fingerprint density at radius 3 is 2.51 bits per heavy atom. The lowest BCUT2D eigenvalue weighted by atomic mass is 10.0. The van der Waals surface area contributed by atoms with Crippen LogP contribution in [-0.4, -0.2) is 58.0 Å². The average Bonchev–Trinajstić information content (AvgIpc) is 2.84. The molecule has 13 nitrogen and oxygen atoms in total. The quantitative estimate of drug-likeness (QED) is 0.0939. The van der Waals surface area contributed by atoms with Gasteiger partial charge in [0.25, 0.3) is 0 Å². The number of halogens is 3. The topological polar surface area (TPSA) is 190 Å². The van der Waals surface area contributed by atoms with Crippen LogP contribution in [-0.2, 0) is 19.2 Å². The van der Waals surface area contributed by atoms with Crippen LogP contribution in [0, 0.1) is 17.0 Å². The largest absolute Gasteiger partial charge is 0.491 e. The van der Waals surface area contributed by atoms with Crippen molar-refractivity contribution in [2.24, 2.45) is 0 Å².